The first-order valence-electron chi connectivity index (χ1n) is 19.4. The first-order valence-corrected chi connectivity index (χ1v) is 20.9. The molecule has 0 aromatic rings. The van der Waals surface area contributed by atoms with Crippen molar-refractivity contribution >= 4 is 19.8 Å². The predicted molar refractivity (Wildman–Crippen MR) is 204 cm³/mol. The van der Waals surface area contributed by atoms with Crippen LogP contribution in [0.15, 0.2) is 48.6 Å². The number of allylic oxidation sites excluding steroid dienone is 8. The monoisotopic (exact) mass is 726 g/mol. The summed E-state index contributed by atoms with van der Waals surface area (Å²) in [6.07, 6.45) is 38.6. The summed E-state index contributed by atoms with van der Waals surface area (Å²) >= 11 is 0. The Morgan fingerprint density at radius 2 is 1.04 bits per heavy atom. The zero-order chi connectivity index (χ0) is 37.0. The van der Waals surface area contributed by atoms with Crippen LogP contribution >= 0.6 is 7.82 Å². The Morgan fingerprint density at radius 3 is 1.56 bits per heavy atom. The van der Waals surface area contributed by atoms with E-state index in [0.717, 1.165) is 70.1 Å². The number of aliphatic hydroxyl groups is 1. The number of esters is 2. The van der Waals surface area contributed by atoms with Gasteiger partial charge in [0.05, 0.1) is 6.61 Å². The van der Waals surface area contributed by atoms with Crippen molar-refractivity contribution < 1.29 is 43.0 Å². The maximum atomic E-state index is 12.4. The largest absolute Gasteiger partial charge is 0.469 e. The molecule has 0 rings (SSSR count). The predicted octanol–water partition coefficient (Wildman–Crippen LogP) is 10.4. The first kappa shape index (κ1) is 48.0. The highest BCUT2D eigenvalue weighted by Crippen LogP contribution is 2.36. The van der Waals surface area contributed by atoms with Crippen LogP contribution in [0, 0.1) is 5.92 Å². The van der Waals surface area contributed by atoms with Gasteiger partial charge in [-0.3, -0.25) is 14.1 Å². The lowest BCUT2D eigenvalue weighted by molar-refractivity contribution is -0.161. The minimum absolute atomic E-state index is 0.181. The molecule has 0 spiro atoms. The molecular formula is C40H71O9P. The molecule has 0 fully saturated rings. The van der Waals surface area contributed by atoms with Gasteiger partial charge in [-0.2, -0.15) is 0 Å². The average Bonchev–Trinajstić information content (AvgIpc) is 3.07. The summed E-state index contributed by atoms with van der Waals surface area (Å²) in [5, 5.41) is 8.77. The van der Waals surface area contributed by atoms with Crippen LogP contribution in [-0.2, 0) is 28.2 Å². The number of ether oxygens (including phenoxy) is 2. The van der Waals surface area contributed by atoms with Crippen LogP contribution in [0.1, 0.15) is 162 Å². The summed E-state index contributed by atoms with van der Waals surface area (Å²) in [6.45, 7) is 3.95. The molecule has 290 valence electrons. The number of carbonyl (C=O) groups excluding carboxylic acids is 2. The van der Waals surface area contributed by atoms with Crippen molar-refractivity contribution in [2.45, 2.75) is 168 Å². The standard InChI is InChI=1S/C40H71O9P/c1-37(2)31-27-23-19-15-11-10-13-17-21-25-29-33-40(43)49-38(36-48-50(44,45)46)35-47-39(42)32-28-24-20-16-12-8-6-4-3-5-7-9-14-18-22-26-30-34-41/h3,5-6,8-9,14,16,20,37-38,41H,4,7,10-13,15,17-19,21-36H2,1-2H3,(H2,44,45,46)/b5-3-,8-6-,14-9-,20-16-/t38-/m1/s1. The summed E-state index contributed by atoms with van der Waals surface area (Å²) < 4.78 is 26.3. The second-order valence-electron chi connectivity index (χ2n) is 13.5. The molecule has 3 N–H and O–H groups in total. The molecule has 0 unspecified atom stereocenters. The Hall–Kier alpha value is -2.03. The molecule has 10 heteroatoms. The number of aliphatic hydroxyl groups excluding tert-OH is 1. The Kier molecular flexibility index (Phi) is 33.9. The molecular weight excluding hydrogens is 655 g/mol. The van der Waals surface area contributed by atoms with E-state index in [-0.39, 0.29) is 26.1 Å². The van der Waals surface area contributed by atoms with E-state index < -0.39 is 32.5 Å². The van der Waals surface area contributed by atoms with E-state index in [2.05, 4.69) is 60.9 Å². The van der Waals surface area contributed by atoms with Gasteiger partial charge in [0, 0.05) is 19.4 Å². The average molecular weight is 727 g/mol. The van der Waals surface area contributed by atoms with Crippen molar-refractivity contribution in [1.29, 1.82) is 0 Å². The molecule has 0 aromatic heterocycles. The van der Waals surface area contributed by atoms with Crippen molar-refractivity contribution in [3.8, 4) is 0 Å². The van der Waals surface area contributed by atoms with Crippen LogP contribution in [0.25, 0.3) is 0 Å². The molecule has 0 saturated heterocycles. The Bertz CT molecular complexity index is 968. The lowest BCUT2D eigenvalue weighted by Gasteiger charge is -2.18. The molecule has 0 amide bonds. The number of phosphoric ester groups is 1. The zero-order valence-corrected chi connectivity index (χ0v) is 32.3. The summed E-state index contributed by atoms with van der Waals surface area (Å²) in [7, 11) is -4.77. The summed E-state index contributed by atoms with van der Waals surface area (Å²) in [5.41, 5.74) is 0. The van der Waals surface area contributed by atoms with Gasteiger partial charge in [0.25, 0.3) is 0 Å². The van der Waals surface area contributed by atoms with Crippen molar-refractivity contribution in [3.05, 3.63) is 48.6 Å². The van der Waals surface area contributed by atoms with E-state index in [4.69, 9.17) is 24.4 Å². The molecule has 0 saturated carbocycles. The van der Waals surface area contributed by atoms with Gasteiger partial charge in [-0.25, -0.2) is 4.57 Å². The van der Waals surface area contributed by atoms with Gasteiger partial charge in [0.2, 0.25) is 0 Å². The smallest absolute Gasteiger partial charge is 0.462 e. The molecule has 0 aliphatic rings. The highest BCUT2D eigenvalue weighted by Gasteiger charge is 2.22. The third-order valence-corrected chi connectivity index (χ3v) is 8.57. The molecule has 0 heterocycles. The molecule has 1 atom stereocenters. The maximum Gasteiger partial charge on any atom is 0.469 e. The van der Waals surface area contributed by atoms with E-state index in [1.807, 2.05) is 6.08 Å². The van der Waals surface area contributed by atoms with Crippen molar-refractivity contribution in [1.82, 2.24) is 0 Å². The zero-order valence-electron chi connectivity index (χ0n) is 31.4. The maximum absolute atomic E-state index is 12.4. The molecule has 50 heavy (non-hydrogen) atoms. The van der Waals surface area contributed by atoms with Crippen LogP contribution in [0.5, 0.6) is 0 Å². The topological polar surface area (TPSA) is 140 Å². The van der Waals surface area contributed by atoms with Gasteiger partial charge in [-0.1, -0.05) is 140 Å². The van der Waals surface area contributed by atoms with Gasteiger partial charge in [-0.05, 0) is 63.7 Å². The second kappa shape index (κ2) is 35.4. The lowest BCUT2D eigenvalue weighted by Crippen LogP contribution is -2.29. The van der Waals surface area contributed by atoms with Crippen LogP contribution < -0.4 is 0 Å². The van der Waals surface area contributed by atoms with Gasteiger partial charge < -0.3 is 24.4 Å². The Labute approximate surface area is 304 Å². The number of carbonyl (C=O) groups is 2. The summed E-state index contributed by atoms with van der Waals surface area (Å²) in [5.74, 6) is -0.165. The Balaban J connectivity index is 4.05. The van der Waals surface area contributed by atoms with Gasteiger partial charge in [-0.15, -0.1) is 0 Å². The third kappa shape index (κ3) is 38.8. The third-order valence-electron chi connectivity index (χ3n) is 8.08. The number of hydrogen-bond acceptors (Lipinski definition) is 7. The van der Waals surface area contributed by atoms with Crippen LogP contribution in [0.2, 0.25) is 0 Å². The number of unbranched alkanes of at least 4 members (excludes halogenated alkanes) is 14. The highest BCUT2D eigenvalue weighted by molar-refractivity contribution is 7.46. The molecule has 0 aromatic carbocycles. The molecule has 0 bridgehead atoms. The quantitative estimate of drug-likeness (QED) is 0.0252. The van der Waals surface area contributed by atoms with E-state index >= 15 is 0 Å². The van der Waals surface area contributed by atoms with Crippen LogP contribution in [0.3, 0.4) is 0 Å². The fraction of sp³-hybridized carbons (Fsp3) is 0.750. The van der Waals surface area contributed by atoms with Gasteiger partial charge in [0.1, 0.15) is 6.61 Å². The summed E-state index contributed by atoms with van der Waals surface area (Å²) in [4.78, 5) is 42.7. The van der Waals surface area contributed by atoms with E-state index in [1.54, 1.807) is 0 Å². The minimum atomic E-state index is -4.77. The van der Waals surface area contributed by atoms with Crippen LogP contribution in [-0.4, -0.2) is 52.8 Å². The van der Waals surface area contributed by atoms with E-state index in [9.17, 15) is 14.2 Å². The minimum Gasteiger partial charge on any atom is -0.462 e. The lowest BCUT2D eigenvalue weighted by atomic mass is 10.0. The molecule has 0 aliphatic heterocycles. The number of rotatable bonds is 35. The van der Waals surface area contributed by atoms with Crippen molar-refractivity contribution in [2.75, 3.05) is 19.8 Å². The van der Waals surface area contributed by atoms with Gasteiger partial charge in [0.15, 0.2) is 6.10 Å². The van der Waals surface area contributed by atoms with Crippen molar-refractivity contribution in [2.24, 2.45) is 5.92 Å². The normalized spacial score (nSPS) is 13.1. The highest BCUT2D eigenvalue weighted by atomic mass is 31.2. The Morgan fingerprint density at radius 1 is 0.580 bits per heavy atom. The second-order valence-corrected chi connectivity index (χ2v) is 14.7. The number of phosphoric acid groups is 1. The molecule has 0 aliphatic carbocycles. The van der Waals surface area contributed by atoms with Gasteiger partial charge >= 0.3 is 19.8 Å². The first-order chi connectivity index (χ1) is 24.1. The molecule has 0 radical (unpaired) electrons. The van der Waals surface area contributed by atoms with Crippen LogP contribution in [0.4, 0.5) is 0 Å². The van der Waals surface area contributed by atoms with E-state index in [0.29, 0.717) is 19.3 Å². The SMILES string of the molecule is CC(C)CCCCCCCCCCCCCC(=O)O[C@H](COC(=O)CCC/C=C\C/C=C\C/C=C\C/C=C\CCCCCO)COP(=O)(O)O. The fourth-order valence-corrected chi connectivity index (χ4v) is 5.54. The fourth-order valence-electron chi connectivity index (χ4n) is 5.18. The summed E-state index contributed by atoms with van der Waals surface area (Å²) in [6, 6.07) is 0. The number of hydrogen-bond donors (Lipinski definition) is 3. The van der Waals surface area contributed by atoms with E-state index in [1.165, 1.54) is 51.4 Å². The molecule has 9 nitrogen and oxygen atoms in total. The van der Waals surface area contributed by atoms with Crippen molar-refractivity contribution in [3.63, 3.8) is 0 Å².